The van der Waals surface area contributed by atoms with Crippen LogP contribution in [0.4, 0.5) is 11.4 Å². The topological polar surface area (TPSA) is 47.6 Å². The normalized spacial score (nSPS) is 14.9. The number of nitrogens with zero attached hydrogens (tertiary/aromatic N) is 2. The van der Waals surface area contributed by atoms with Gasteiger partial charge in [-0.3, -0.25) is 10.1 Å². The predicted octanol–water partition coefficient (Wildman–Crippen LogP) is 4.91. The number of carbonyl (C=O) groups is 1. The molecule has 166 valence electrons. The van der Waals surface area contributed by atoms with Crippen LogP contribution in [0.25, 0.3) is 0 Å². The molecule has 5 nitrogen and oxygen atoms in total. The highest BCUT2D eigenvalue weighted by Gasteiger charge is 2.18. The van der Waals surface area contributed by atoms with E-state index < -0.39 is 0 Å². The summed E-state index contributed by atoms with van der Waals surface area (Å²) < 4.78 is 0. The first-order chi connectivity index (χ1) is 14.7. The number of amides is 1. The zero-order chi connectivity index (χ0) is 22.6. The molecule has 3 rings (SSSR count). The van der Waals surface area contributed by atoms with Crippen LogP contribution < -0.4 is 15.5 Å². The van der Waals surface area contributed by atoms with Gasteiger partial charge in [-0.2, -0.15) is 0 Å². The van der Waals surface area contributed by atoms with Crippen molar-refractivity contribution in [2.24, 2.45) is 0 Å². The Morgan fingerprint density at radius 2 is 1.71 bits per heavy atom. The first kappa shape index (κ1) is 23.5. The third kappa shape index (κ3) is 6.19. The Hall–Kier alpha value is -2.15. The van der Waals surface area contributed by atoms with Gasteiger partial charge in [0.05, 0.1) is 10.7 Å². The summed E-state index contributed by atoms with van der Waals surface area (Å²) in [7, 11) is 0. The van der Waals surface area contributed by atoms with Gasteiger partial charge in [0.2, 0.25) is 0 Å². The van der Waals surface area contributed by atoms with Crippen molar-refractivity contribution >= 4 is 46.2 Å². The van der Waals surface area contributed by atoms with Crippen LogP contribution in [0.2, 0.25) is 5.02 Å². The van der Waals surface area contributed by atoms with Gasteiger partial charge < -0.3 is 15.1 Å². The van der Waals surface area contributed by atoms with Crippen LogP contribution in [0.1, 0.15) is 43.6 Å². The number of piperazine rings is 1. The van der Waals surface area contributed by atoms with Crippen LogP contribution in [0.15, 0.2) is 42.5 Å². The molecule has 2 N–H and O–H groups in total. The third-order valence-electron chi connectivity index (χ3n) is 5.61. The molecule has 2 aromatic rings. The molecule has 0 aromatic heterocycles. The molecule has 0 unspecified atom stereocenters. The number of anilines is 2. The van der Waals surface area contributed by atoms with Crippen molar-refractivity contribution in [2.75, 3.05) is 42.9 Å². The third-order valence-corrected chi connectivity index (χ3v) is 6.11. The maximum Gasteiger partial charge on any atom is 0.257 e. The van der Waals surface area contributed by atoms with Crippen molar-refractivity contribution in [1.29, 1.82) is 0 Å². The van der Waals surface area contributed by atoms with Crippen LogP contribution in [0.3, 0.4) is 0 Å². The molecule has 1 heterocycles. The lowest BCUT2D eigenvalue weighted by molar-refractivity contribution is 0.0977. The monoisotopic (exact) mass is 458 g/mol. The Bertz CT molecular complexity index is 932. The highest BCUT2D eigenvalue weighted by molar-refractivity contribution is 7.80. The molecule has 0 saturated carbocycles. The molecule has 31 heavy (non-hydrogen) atoms. The van der Waals surface area contributed by atoms with E-state index in [4.69, 9.17) is 23.8 Å². The van der Waals surface area contributed by atoms with Crippen LogP contribution in [0.5, 0.6) is 0 Å². The SMILES string of the molecule is CCN1CCN(c2ccc(NC(=S)NC(=O)c3ccc(C(C)(C)C)cc3)cc2Cl)CC1. The average molecular weight is 459 g/mol. The van der Waals surface area contributed by atoms with E-state index in [-0.39, 0.29) is 16.4 Å². The quantitative estimate of drug-likeness (QED) is 0.637. The van der Waals surface area contributed by atoms with Crippen LogP contribution >= 0.6 is 23.8 Å². The van der Waals surface area contributed by atoms with Crippen molar-refractivity contribution in [2.45, 2.75) is 33.1 Å². The maximum atomic E-state index is 12.5. The van der Waals surface area contributed by atoms with Gasteiger partial charge in [0.15, 0.2) is 5.11 Å². The fourth-order valence-corrected chi connectivity index (χ4v) is 4.12. The summed E-state index contributed by atoms with van der Waals surface area (Å²) in [5.41, 5.74) is 3.56. The lowest BCUT2D eigenvalue weighted by Crippen LogP contribution is -2.46. The number of benzene rings is 2. The average Bonchev–Trinajstić information content (AvgIpc) is 2.73. The largest absolute Gasteiger partial charge is 0.368 e. The molecule has 0 bridgehead atoms. The summed E-state index contributed by atoms with van der Waals surface area (Å²) in [5.74, 6) is -0.241. The Labute approximate surface area is 195 Å². The highest BCUT2D eigenvalue weighted by Crippen LogP contribution is 2.29. The Kier molecular flexibility index (Phi) is 7.57. The Morgan fingerprint density at radius 3 is 2.26 bits per heavy atom. The molecular weight excluding hydrogens is 428 g/mol. The van der Waals surface area contributed by atoms with E-state index in [1.54, 1.807) is 0 Å². The molecule has 0 spiro atoms. The molecule has 1 saturated heterocycles. The number of hydrogen-bond donors (Lipinski definition) is 2. The zero-order valence-electron chi connectivity index (χ0n) is 18.7. The number of halogens is 1. The van der Waals surface area contributed by atoms with Crippen LogP contribution in [0, 0.1) is 0 Å². The van der Waals surface area contributed by atoms with Crippen molar-refractivity contribution in [1.82, 2.24) is 10.2 Å². The summed E-state index contributed by atoms with van der Waals surface area (Å²) in [6.45, 7) is 13.7. The van der Waals surface area contributed by atoms with Gasteiger partial charge in [-0.1, -0.05) is 51.4 Å². The molecule has 1 aliphatic rings. The number of hydrogen-bond acceptors (Lipinski definition) is 4. The molecule has 7 heteroatoms. The van der Waals surface area contributed by atoms with E-state index in [9.17, 15) is 4.79 Å². The first-order valence-electron chi connectivity index (χ1n) is 10.7. The van der Waals surface area contributed by atoms with E-state index in [0.29, 0.717) is 10.6 Å². The first-order valence-corrected chi connectivity index (χ1v) is 11.5. The number of rotatable bonds is 4. The van der Waals surface area contributed by atoms with Crippen molar-refractivity contribution in [3.8, 4) is 0 Å². The van der Waals surface area contributed by atoms with Gasteiger partial charge in [-0.15, -0.1) is 0 Å². The van der Waals surface area contributed by atoms with Crippen molar-refractivity contribution in [3.05, 3.63) is 58.6 Å². The second-order valence-corrected chi connectivity index (χ2v) is 9.64. The minimum Gasteiger partial charge on any atom is -0.368 e. The summed E-state index contributed by atoms with van der Waals surface area (Å²) in [6.07, 6.45) is 0. The minimum atomic E-state index is -0.241. The molecule has 2 aromatic carbocycles. The summed E-state index contributed by atoms with van der Waals surface area (Å²) in [5, 5.41) is 6.70. The van der Waals surface area contributed by atoms with E-state index in [1.807, 2.05) is 42.5 Å². The van der Waals surface area contributed by atoms with E-state index in [1.165, 1.54) is 5.56 Å². The van der Waals surface area contributed by atoms with Gasteiger partial charge in [-0.25, -0.2) is 0 Å². The van der Waals surface area contributed by atoms with Crippen LogP contribution in [-0.4, -0.2) is 48.6 Å². The van der Waals surface area contributed by atoms with Gasteiger partial charge in [-0.05, 0) is 60.1 Å². The van der Waals surface area contributed by atoms with Crippen molar-refractivity contribution in [3.63, 3.8) is 0 Å². The second kappa shape index (κ2) is 9.98. The number of carbonyl (C=O) groups excluding carboxylic acids is 1. The number of nitrogens with one attached hydrogen (secondary N) is 2. The highest BCUT2D eigenvalue weighted by atomic mass is 35.5. The molecule has 1 aliphatic heterocycles. The Balaban J connectivity index is 1.58. The molecule has 0 aliphatic carbocycles. The van der Waals surface area contributed by atoms with E-state index in [0.717, 1.165) is 44.1 Å². The minimum absolute atomic E-state index is 0.0425. The standard InChI is InChI=1S/C24H31ClN4OS/c1-5-28-12-14-29(15-13-28)21-11-10-19(16-20(21)25)26-23(31)27-22(30)17-6-8-18(9-7-17)24(2,3)4/h6-11,16H,5,12-15H2,1-4H3,(H2,26,27,30,31). The Morgan fingerprint density at radius 1 is 1.06 bits per heavy atom. The summed E-state index contributed by atoms with van der Waals surface area (Å²) in [6, 6.07) is 13.4. The smallest absolute Gasteiger partial charge is 0.257 e. The summed E-state index contributed by atoms with van der Waals surface area (Å²) >= 11 is 11.9. The van der Waals surface area contributed by atoms with Gasteiger partial charge in [0.1, 0.15) is 0 Å². The molecular formula is C24H31ClN4OS. The number of thiocarbonyl (C=S) groups is 1. The van der Waals surface area contributed by atoms with Crippen molar-refractivity contribution < 1.29 is 4.79 Å². The molecule has 0 atom stereocenters. The van der Waals surface area contributed by atoms with E-state index >= 15 is 0 Å². The fraction of sp³-hybridized carbons (Fsp3) is 0.417. The number of likely N-dealkylation sites (N-methyl/N-ethyl adjacent to an activating group) is 1. The fourth-order valence-electron chi connectivity index (χ4n) is 3.61. The lowest BCUT2D eigenvalue weighted by atomic mass is 9.87. The maximum absolute atomic E-state index is 12.5. The predicted molar refractivity (Wildman–Crippen MR) is 135 cm³/mol. The summed E-state index contributed by atoms with van der Waals surface area (Å²) in [4.78, 5) is 17.2. The molecule has 1 fully saturated rings. The second-order valence-electron chi connectivity index (χ2n) is 8.82. The van der Waals surface area contributed by atoms with Crippen LogP contribution in [-0.2, 0) is 5.41 Å². The van der Waals surface area contributed by atoms with Gasteiger partial charge in [0, 0.05) is 37.4 Å². The zero-order valence-corrected chi connectivity index (χ0v) is 20.2. The van der Waals surface area contributed by atoms with Gasteiger partial charge >= 0.3 is 0 Å². The van der Waals surface area contributed by atoms with Gasteiger partial charge in [0.25, 0.3) is 5.91 Å². The molecule has 1 amide bonds. The lowest BCUT2D eigenvalue weighted by Gasteiger charge is -2.36. The molecule has 0 radical (unpaired) electrons. The van der Waals surface area contributed by atoms with E-state index in [2.05, 4.69) is 48.1 Å².